The second-order valence-corrected chi connectivity index (χ2v) is 15.8. The van der Waals surface area contributed by atoms with Crippen LogP contribution in [0.2, 0.25) is 0 Å². The Kier molecular flexibility index (Phi) is 12.5. The van der Waals surface area contributed by atoms with Gasteiger partial charge in [0.05, 0.1) is 24.0 Å². The Hall–Kier alpha value is -4.87. The minimum Gasteiger partial charge on any atom is -0.480 e. The number of hydrogen-bond donors (Lipinski definition) is 2. The van der Waals surface area contributed by atoms with Gasteiger partial charge < -0.3 is 19.7 Å². The summed E-state index contributed by atoms with van der Waals surface area (Å²) in [6, 6.07) is 8.37. The van der Waals surface area contributed by atoms with Crippen LogP contribution in [0.4, 0.5) is 14.5 Å². The Morgan fingerprint density at radius 3 is 2.49 bits per heavy atom. The van der Waals surface area contributed by atoms with Crippen molar-refractivity contribution in [2.24, 2.45) is 0 Å². The molecule has 2 N–H and O–H groups in total. The summed E-state index contributed by atoms with van der Waals surface area (Å²) < 4.78 is 65.0. The summed E-state index contributed by atoms with van der Waals surface area (Å²) in [5, 5.41) is 23.3. The Morgan fingerprint density at radius 1 is 1.05 bits per heavy atom. The SMILES string of the molecule is CCOC1CCC(n2cc(NC(=O)c3csc(-c4cnn(COP(=O)(Oc5ccccc5)N(C(C)C)[C@@H](C)C(=O)O)c4)n3)c(-c3nc(F)ccc3F)n2)CC1. The number of carboxylic acids is 1. The van der Waals surface area contributed by atoms with Gasteiger partial charge in [-0.15, -0.1) is 11.3 Å². The van der Waals surface area contributed by atoms with E-state index in [1.54, 1.807) is 61.3 Å². The van der Waals surface area contributed by atoms with Crippen LogP contribution in [0.5, 0.6) is 5.75 Å². The summed E-state index contributed by atoms with van der Waals surface area (Å²) in [6.07, 6.45) is 7.92. The summed E-state index contributed by atoms with van der Waals surface area (Å²) in [5.41, 5.74) is 0.342. The number of carbonyl (C=O) groups is 2. The quantitative estimate of drug-likeness (QED) is 0.0738. The van der Waals surface area contributed by atoms with Gasteiger partial charge in [0.15, 0.2) is 12.5 Å². The number of benzene rings is 1. The molecule has 0 radical (unpaired) electrons. The maximum Gasteiger partial charge on any atom is 0.464 e. The number of aliphatic carboxylic acids is 1. The molecule has 1 aromatic carbocycles. The number of nitrogens with zero attached hydrogens (tertiary/aromatic N) is 7. The molecule has 1 aliphatic rings. The molecule has 1 fully saturated rings. The number of carboxylic acid groups (broad SMARTS) is 1. The topological polar surface area (TPSA) is 176 Å². The molecule has 55 heavy (non-hydrogen) atoms. The van der Waals surface area contributed by atoms with Crippen LogP contribution >= 0.6 is 19.1 Å². The molecular weight excluding hydrogens is 757 g/mol. The molecule has 4 aromatic heterocycles. The van der Waals surface area contributed by atoms with Crippen molar-refractivity contribution in [3.8, 4) is 27.7 Å². The molecule has 0 saturated heterocycles. The Labute approximate surface area is 319 Å². The van der Waals surface area contributed by atoms with Gasteiger partial charge in [0, 0.05) is 36.0 Å². The van der Waals surface area contributed by atoms with E-state index in [4.69, 9.17) is 13.8 Å². The van der Waals surface area contributed by atoms with Gasteiger partial charge >= 0.3 is 13.7 Å². The molecule has 1 unspecified atom stereocenters. The number of para-hydroxylation sites is 1. The normalized spacial score (nSPS) is 17.6. The third kappa shape index (κ3) is 9.33. The Morgan fingerprint density at radius 2 is 1.80 bits per heavy atom. The molecule has 1 amide bonds. The zero-order valence-electron chi connectivity index (χ0n) is 30.5. The van der Waals surface area contributed by atoms with Crippen molar-refractivity contribution in [3.05, 3.63) is 83.9 Å². The molecule has 19 heteroatoms. The second kappa shape index (κ2) is 17.3. The van der Waals surface area contributed by atoms with Gasteiger partial charge in [-0.05, 0) is 77.6 Å². The lowest BCUT2D eigenvalue weighted by atomic mass is 9.93. The molecule has 5 aromatic rings. The monoisotopic (exact) mass is 798 g/mol. The number of hydrogen-bond acceptors (Lipinski definition) is 11. The number of thiazole rings is 1. The average Bonchev–Trinajstić information content (AvgIpc) is 3.93. The zero-order chi connectivity index (χ0) is 39.3. The van der Waals surface area contributed by atoms with Crippen molar-refractivity contribution < 1.29 is 41.8 Å². The van der Waals surface area contributed by atoms with Crippen LogP contribution in [-0.4, -0.2) is 76.0 Å². The number of rotatable bonds is 16. The maximum absolute atomic E-state index is 15.0. The van der Waals surface area contributed by atoms with E-state index in [2.05, 4.69) is 25.5 Å². The summed E-state index contributed by atoms with van der Waals surface area (Å²) >= 11 is 1.16. The highest BCUT2D eigenvalue weighted by atomic mass is 32.1. The van der Waals surface area contributed by atoms with Crippen molar-refractivity contribution in [1.29, 1.82) is 0 Å². The molecule has 0 bridgehead atoms. The highest BCUT2D eigenvalue weighted by Gasteiger charge is 2.43. The lowest BCUT2D eigenvalue weighted by Gasteiger charge is -2.35. The first-order chi connectivity index (χ1) is 26.3. The van der Waals surface area contributed by atoms with Gasteiger partial charge in [0.25, 0.3) is 5.91 Å². The van der Waals surface area contributed by atoms with Crippen LogP contribution < -0.4 is 9.84 Å². The van der Waals surface area contributed by atoms with Crippen LogP contribution in [-0.2, 0) is 25.4 Å². The molecule has 15 nitrogen and oxygen atoms in total. The van der Waals surface area contributed by atoms with E-state index >= 15 is 0 Å². The lowest BCUT2D eigenvalue weighted by Crippen LogP contribution is -2.42. The van der Waals surface area contributed by atoms with Crippen molar-refractivity contribution in [1.82, 2.24) is 34.2 Å². The molecule has 1 aliphatic carbocycles. The highest BCUT2D eigenvalue weighted by molar-refractivity contribution is 7.51. The highest BCUT2D eigenvalue weighted by Crippen LogP contribution is 2.54. The molecule has 0 aliphatic heterocycles. The van der Waals surface area contributed by atoms with Gasteiger partial charge in [-0.3, -0.25) is 18.8 Å². The summed E-state index contributed by atoms with van der Waals surface area (Å²) in [7, 11) is -4.27. The fraction of sp³-hybridized carbons (Fsp3) is 0.389. The van der Waals surface area contributed by atoms with Crippen molar-refractivity contribution in [3.63, 3.8) is 0 Å². The number of aromatic nitrogens is 6. The average molecular weight is 799 g/mol. The third-order valence-electron chi connectivity index (χ3n) is 8.94. The first-order valence-corrected chi connectivity index (χ1v) is 20.1. The number of ether oxygens (including phenoxy) is 1. The number of halogens is 2. The fourth-order valence-electron chi connectivity index (χ4n) is 6.33. The zero-order valence-corrected chi connectivity index (χ0v) is 32.3. The minimum atomic E-state index is -4.27. The second-order valence-electron chi connectivity index (χ2n) is 13.1. The first-order valence-electron chi connectivity index (χ1n) is 17.7. The summed E-state index contributed by atoms with van der Waals surface area (Å²) in [6.45, 7) is 6.97. The molecule has 292 valence electrons. The van der Waals surface area contributed by atoms with E-state index < -0.39 is 43.5 Å². The number of pyridine rings is 1. The number of anilines is 1. The van der Waals surface area contributed by atoms with E-state index in [1.165, 1.54) is 27.9 Å². The summed E-state index contributed by atoms with van der Waals surface area (Å²) in [4.78, 5) is 33.7. The van der Waals surface area contributed by atoms with Gasteiger partial charge in [-0.25, -0.2) is 23.6 Å². The van der Waals surface area contributed by atoms with Gasteiger partial charge in [-0.2, -0.15) is 19.3 Å². The van der Waals surface area contributed by atoms with Crippen LogP contribution in [0.15, 0.2) is 66.4 Å². The van der Waals surface area contributed by atoms with Crippen LogP contribution in [0.3, 0.4) is 0 Å². The third-order valence-corrected chi connectivity index (χ3v) is 12.1. The standard InChI is InChI=1S/C36H41F2N8O7PS/c1-5-51-26-13-11-25(12-14-26)45-19-29(33(43-45)32-28(37)15-16-31(38)42-32)40-34(47)30-20-55-35(41-30)24-17-39-44(18-24)21-52-54(50,53-27-9-7-6-8-10-27)46(22(2)3)23(4)36(48)49/h6-10,15-20,22-23,25-26H,5,11-14,21H2,1-4H3,(H,40,47)(H,48,49)/t23-,25?,26?,54?/m0/s1. The van der Waals surface area contributed by atoms with E-state index in [9.17, 15) is 28.0 Å². The van der Waals surface area contributed by atoms with Crippen molar-refractivity contribution in [2.45, 2.75) is 84.3 Å². The Bertz CT molecular complexity index is 2160. The fourth-order valence-corrected chi connectivity index (χ4v) is 9.12. The first kappa shape index (κ1) is 39.8. The van der Waals surface area contributed by atoms with Crippen LogP contribution in [0.25, 0.3) is 22.0 Å². The molecule has 6 rings (SSSR count). The number of nitrogens with one attached hydrogen (secondary N) is 1. The maximum atomic E-state index is 15.0. The van der Waals surface area contributed by atoms with Crippen LogP contribution in [0, 0.1) is 11.8 Å². The molecule has 1 saturated carbocycles. The van der Waals surface area contributed by atoms with Crippen molar-refractivity contribution >= 4 is 36.6 Å². The molecule has 2 atom stereocenters. The van der Waals surface area contributed by atoms with Gasteiger partial charge in [0.1, 0.15) is 33.9 Å². The van der Waals surface area contributed by atoms with Crippen LogP contribution in [0.1, 0.15) is 69.9 Å². The van der Waals surface area contributed by atoms with Gasteiger partial charge in [0.2, 0.25) is 5.95 Å². The summed E-state index contributed by atoms with van der Waals surface area (Å²) in [5.74, 6) is -3.28. The largest absolute Gasteiger partial charge is 0.480 e. The smallest absolute Gasteiger partial charge is 0.464 e. The lowest BCUT2D eigenvalue weighted by molar-refractivity contribution is -0.141. The van der Waals surface area contributed by atoms with E-state index in [1.807, 2.05) is 6.92 Å². The Balaban J connectivity index is 1.19. The van der Waals surface area contributed by atoms with Crippen molar-refractivity contribution in [2.75, 3.05) is 11.9 Å². The predicted octanol–water partition coefficient (Wildman–Crippen LogP) is 7.66. The molecule has 0 spiro atoms. The molecule has 4 heterocycles. The minimum absolute atomic E-state index is 0.0173. The van der Waals surface area contributed by atoms with E-state index in [0.29, 0.717) is 17.2 Å². The number of amides is 1. The van der Waals surface area contributed by atoms with E-state index in [-0.39, 0.29) is 47.4 Å². The van der Waals surface area contributed by atoms with Gasteiger partial charge in [-0.1, -0.05) is 18.2 Å². The number of carbonyl (C=O) groups excluding carboxylic acids is 1. The predicted molar refractivity (Wildman–Crippen MR) is 199 cm³/mol. The molecular formula is C36H41F2N8O7PS. The van der Waals surface area contributed by atoms with E-state index in [0.717, 1.165) is 49.2 Å².